The van der Waals surface area contributed by atoms with Gasteiger partial charge in [0.15, 0.2) is 12.2 Å². The van der Waals surface area contributed by atoms with Crippen LogP contribution in [0.4, 0.5) is 4.79 Å². The van der Waals surface area contributed by atoms with Gasteiger partial charge < -0.3 is 33.7 Å². The minimum atomic E-state index is -1.51. The SMILES string of the molecule is CC(=O)OC[C@H]1O[C@H](OC(C)=O)[C@H](OC(C)=O)[C@@H](NC(=O)OCc2ccccc2)[C@@H]1OC(C)=O. The largest absolute Gasteiger partial charge is 0.463 e. The number of hydrogen-bond acceptors (Lipinski definition) is 11. The van der Waals surface area contributed by atoms with E-state index in [4.69, 9.17) is 28.4 Å². The summed E-state index contributed by atoms with van der Waals surface area (Å²) < 4.78 is 31.5. The van der Waals surface area contributed by atoms with Crippen molar-refractivity contribution >= 4 is 30.0 Å². The molecule has 0 radical (unpaired) electrons. The second-order valence-electron chi connectivity index (χ2n) is 7.33. The van der Waals surface area contributed by atoms with E-state index in [1.807, 2.05) is 0 Å². The summed E-state index contributed by atoms with van der Waals surface area (Å²) in [5.74, 6) is -2.96. The standard InChI is InChI=1S/C22H27NO11/c1-12(24)29-11-17-19(31-13(2)25)18(20(32-14(3)26)21(34-17)33-15(4)27)23-22(28)30-10-16-8-6-5-7-9-16/h5-9,17-21H,10-11H2,1-4H3,(H,23,28)/t17-,18+,19-,20-,21+/m1/s1. The molecule has 1 aromatic rings. The van der Waals surface area contributed by atoms with Gasteiger partial charge in [-0.15, -0.1) is 0 Å². The number of alkyl carbamates (subject to hydrolysis) is 1. The molecule has 0 spiro atoms. The molecule has 34 heavy (non-hydrogen) atoms. The minimum Gasteiger partial charge on any atom is -0.463 e. The van der Waals surface area contributed by atoms with E-state index in [1.54, 1.807) is 30.3 Å². The summed E-state index contributed by atoms with van der Waals surface area (Å²) in [6.45, 7) is 4.00. The lowest BCUT2D eigenvalue weighted by molar-refractivity contribution is -0.277. The van der Waals surface area contributed by atoms with E-state index in [-0.39, 0.29) is 6.61 Å². The summed E-state index contributed by atoms with van der Waals surface area (Å²) in [5.41, 5.74) is 0.711. The van der Waals surface area contributed by atoms with E-state index < -0.39 is 67.2 Å². The Labute approximate surface area is 195 Å². The number of benzene rings is 1. The van der Waals surface area contributed by atoms with E-state index in [1.165, 1.54) is 0 Å². The van der Waals surface area contributed by atoms with E-state index in [9.17, 15) is 24.0 Å². The summed E-state index contributed by atoms with van der Waals surface area (Å²) in [6.07, 6.45) is -6.32. The number of amides is 1. The molecule has 5 atom stereocenters. The van der Waals surface area contributed by atoms with Gasteiger partial charge in [-0.3, -0.25) is 19.2 Å². The minimum absolute atomic E-state index is 0.0728. The van der Waals surface area contributed by atoms with Gasteiger partial charge in [-0.05, 0) is 5.56 Å². The Hall–Kier alpha value is -3.67. The van der Waals surface area contributed by atoms with Crippen LogP contribution in [0.15, 0.2) is 30.3 Å². The van der Waals surface area contributed by atoms with Crippen molar-refractivity contribution in [3.63, 3.8) is 0 Å². The molecule has 1 aliphatic heterocycles. The summed E-state index contributed by atoms with van der Waals surface area (Å²) in [4.78, 5) is 59.1. The summed E-state index contributed by atoms with van der Waals surface area (Å²) >= 11 is 0. The van der Waals surface area contributed by atoms with Crippen molar-refractivity contribution in [1.82, 2.24) is 5.32 Å². The third kappa shape index (κ3) is 8.35. The van der Waals surface area contributed by atoms with Crippen molar-refractivity contribution in [1.29, 1.82) is 0 Å². The average molecular weight is 481 g/mol. The zero-order valence-corrected chi connectivity index (χ0v) is 19.2. The highest BCUT2D eigenvalue weighted by Gasteiger charge is 2.52. The monoisotopic (exact) mass is 481 g/mol. The molecule has 1 N–H and O–H groups in total. The number of ether oxygens (including phenoxy) is 6. The van der Waals surface area contributed by atoms with Gasteiger partial charge in [-0.2, -0.15) is 0 Å². The fourth-order valence-corrected chi connectivity index (χ4v) is 3.23. The van der Waals surface area contributed by atoms with Gasteiger partial charge in [0.05, 0.1) is 0 Å². The molecule has 2 rings (SSSR count). The number of hydrogen-bond donors (Lipinski definition) is 1. The van der Waals surface area contributed by atoms with Crippen LogP contribution in [-0.2, 0) is 54.2 Å². The molecule has 1 aliphatic rings. The highest BCUT2D eigenvalue weighted by Crippen LogP contribution is 2.28. The summed E-state index contributed by atoms with van der Waals surface area (Å²) in [5, 5.41) is 2.49. The molecule has 0 saturated carbocycles. The summed E-state index contributed by atoms with van der Waals surface area (Å²) in [7, 11) is 0. The Morgan fingerprint density at radius 3 is 1.94 bits per heavy atom. The van der Waals surface area contributed by atoms with Crippen LogP contribution < -0.4 is 5.32 Å². The van der Waals surface area contributed by atoms with Crippen molar-refractivity contribution < 1.29 is 52.4 Å². The van der Waals surface area contributed by atoms with E-state index in [0.717, 1.165) is 27.7 Å². The normalized spacial score (nSPS) is 23.7. The van der Waals surface area contributed by atoms with Crippen molar-refractivity contribution in [2.45, 2.75) is 64.9 Å². The molecule has 1 aromatic carbocycles. The molecule has 12 heteroatoms. The van der Waals surface area contributed by atoms with Gasteiger partial charge >= 0.3 is 30.0 Å². The fourth-order valence-electron chi connectivity index (χ4n) is 3.23. The van der Waals surface area contributed by atoms with Crippen molar-refractivity contribution in [3.05, 3.63) is 35.9 Å². The second-order valence-corrected chi connectivity index (χ2v) is 7.33. The average Bonchev–Trinajstić information content (AvgIpc) is 2.74. The molecule has 1 fully saturated rings. The highest BCUT2D eigenvalue weighted by atomic mass is 16.7. The number of rotatable bonds is 8. The third-order valence-corrected chi connectivity index (χ3v) is 4.49. The Morgan fingerprint density at radius 1 is 0.794 bits per heavy atom. The first kappa shape index (κ1) is 26.6. The lowest BCUT2D eigenvalue weighted by atomic mass is 9.95. The summed E-state index contributed by atoms with van der Waals surface area (Å²) in [6, 6.07) is 7.55. The predicted molar refractivity (Wildman–Crippen MR) is 112 cm³/mol. The van der Waals surface area contributed by atoms with E-state index >= 15 is 0 Å². The molecule has 0 bridgehead atoms. The Bertz CT molecular complexity index is 888. The first-order valence-electron chi connectivity index (χ1n) is 10.3. The molecule has 1 saturated heterocycles. The maximum atomic E-state index is 12.6. The Balaban J connectivity index is 2.33. The number of nitrogens with one attached hydrogen (secondary N) is 1. The molecule has 12 nitrogen and oxygen atoms in total. The fraction of sp³-hybridized carbons (Fsp3) is 0.500. The highest BCUT2D eigenvalue weighted by molar-refractivity contribution is 5.70. The zero-order chi connectivity index (χ0) is 25.3. The lowest BCUT2D eigenvalue weighted by Crippen LogP contribution is -2.67. The van der Waals surface area contributed by atoms with Crippen molar-refractivity contribution in [2.24, 2.45) is 0 Å². The van der Waals surface area contributed by atoms with Crippen LogP contribution >= 0.6 is 0 Å². The Kier molecular flexibility index (Phi) is 9.80. The maximum absolute atomic E-state index is 12.6. The first-order chi connectivity index (χ1) is 16.1. The van der Waals surface area contributed by atoms with Gasteiger partial charge in [0.25, 0.3) is 0 Å². The van der Waals surface area contributed by atoms with Gasteiger partial charge in [-0.1, -0.05) is 30.3 Å². The maximum Gasteiger partial charge on any atom is 0.407 e. The van der Waals surface area contributed by atoms with Crippen LogP contribution in [0.1, 0.15) is 33.3 Å². The molecule has 0 aliphatic carbocycles. The number of carbonyl (C=O) groups excluding carboxylic acids is 5. The molecule has 0 unspecified atom stereocenters. The Morgan fingerprint density at radius 2 is 1.38 bits per heavy atom. The van der Waals surface area contributed by atoms with Crippen LogP contribution in [0.5, 0.6) is 0 Å². The third-order valence-electron chi connectivity index (χ3n) is 4.49. The smallest absolute Gasteiger partial charge is 0.407 e. The van der Waals surface area contributed by atoms with Gasteiger partial charge in [-0.25, -0.2) is 4.79 Å². The van der Waals surface area contributed by atoms with Gasteiger partial charge in [0, 0.05) is 27.7 Å². The number of carbonyl (C=O) groups is 5. The van der Waals surface area contributed by atoms with Crippen LogP contribution in [-0.4, -0.2) is 67.2 Å². The first-order valence-corrected chi connectivity index (χ1v) is 10.3. The van der Waals surface area contributed by atoms with Crippen LogP contribution in [0, 0.1) is 0 Å². The number of esters is 4. The van der Waals surface area contributed by atoms with Crippen molar-refractivity contribution in [2.75, 3.05) is 6.61 Å². The van der Waals surface area contributed by atoms with Crippen LogP contribution in [0.2, 0.25) is 0 Å². The quantitative estimate of drug-likeness (QED) is 0.418. The molecule has 1 amide bonds. The molecular weight excluding hydrogens is 454 g/mol. The molecule has 0 aromatic heterocycles. The topological polar surface area (TPSA) is 153 Å². The van der Waals surface area contributed by atoms with E-state index in [0.29, 0.717) is 5.56 Å². The van der Waals surface area contributed by atoms with E-state index in [2.05, 4.69) is 5.32 Å². The molecule has 186 valence electrons. The van der Waals surface area contributed by atoms with Gasteiger partial charge in [0.2, 0.25) is 6.29 Å². The van der Waals surface area contributed by atoms with Crippen LogP contribution in [0.25, 0.3) is 0 Å². The predicted octanol–water partition coefficient (Wildman–Crippen LogP) is 0.996. The second kappa shape index (κ2) is 12.5. The molecule has 1 heterocycles. The van der Waals surface area contributed by atoms with Gasteiger partial charge in [0.1, 0.15) is 25.4 Å². The zero-order valence-electron chi connectivity index (χ0n) is 19.2. The van der Waals surface area contributed by atoms with Crippen molar-refractivity contribution in [3.8, 4) is 0 Å². The van der Waals surface area contributed by atoms with Crippen LogP contribution in [0.3, 0.4) is 0 Å². The lowest BCUT2D eigenvalue weighted by Gasteiger charge is -2.44. The molecular formula is C22H27NO11.